The monoisotopic (exact) mass is 451 g/mol. The molecule has 5 nitrogen and oxygen atoms in total. The molecule has 172 valence electrons. The number of hydrazone groups is 1. The lowest BCUT2D eigenvalue weighted by Gasteiger charge is -2.13. The molecule has 0 aliphatic heterocycles. The fraction of sp³-hybridized carbons (Fsp3) is 0.172. The number of hydrogen-bond acceptors (Lipinski definition) is 3. The van der Waals surface area contributed by atoms with Gasteiger partial charge in [-0.1, -0.05) is 37.3 Å². The van der Waals surface area contributed by atoms with Crippen molar-refractivity contribution in [2.75, 3.05) is 0 Å². The van der Waals surface area contributed by atoms with Crippen molar-refractivity contribution in [3.05, 3.63) is 108 Å². The van der Waals surface area contributed by atoms with Crippen LogP contribution in [0.2, 0.25) is 0 Å². The average Bonchev–Trinajstić information content (AvgIpc) is 3.26. The smallest absolute Gasteiger partial charge is 0.271 e. The number of carbonyl (C=O) groups is 1. The molecule has 0 aliphatic rings. The van der Waals surface area contributed by atoms with Crippen LogP contribution in [0.3, 0.4) is 0 Å². The number of aromatic nitrogens is 1. The Kier molecular flexibility index (Phi) is 7.23. The first kappa shape index (κ1) is 23.1. The molecule has 0 saturated heterocycles. The number of hydrogen-bond donors (Lipinski definition) is 1. The third-order valence-corrected chi connectivity index (χ3v) is 5.71. The van der Waals surface area contributed by atoms with Crippen LogP contribution >= 0.6 is 0 Å². The molecule has 1 atom stereocenters. The number of nitrogens with zero attached hydrogens (tertiary/aromatic N) is 2. The normalized spacial score (nSPS) is 12.0. The highest BCUT2D eigenvalue weighted by Crippen LogP contribution is 2.26. The Hall–Kier alpha value is -4.12. The van der Waals surface area contributed by atoms with Gasteiger partial charge in [-0.15, -0.1) is 0 Å². The fourth-order valence-corrected chi connectivity index (χ4v) is 3.66. The minimum Gasteiger partial charge on any atom is -0.491 e. The number of benzene rings is 3. The van der Waals surface area contributed by atoms with Crippen LogP contribution in [0.4, 0.5) is 0 Å². The van der Waals surface area contributed by atoms with Gasteiger partial charge in [-0.2, -0.15) is 5.10 Å². The van der Waals surface area contributed by atoms with Gasteiger partial charge >= 0.3 is 0 Å². The van der Waals surface area contributed by atoms with Crippen LogP contribution in [0.5, 0.6) is 5.75 Å². The first-order valence-electron chi connectivity index (χ1n) is 11.5. The quantitative estimate of drug-likeness (QED) is 0.249. The van der Waals surface area contributed by atoms with Crippen LogP contribution in [0.15, 0.2) is 96.1 Å². The van der Waals surface area contributed by atoms with Crippen molar-refractivity contribution in [2.45, 2.75) is 33.3 Å². The van der Waals surface area contributed by atoms with Gasteiger partial charge in [-0.3, -0.25) is 4.79 Å². The molecule has 4 rings (SSSR count). The van der Waals surface area contributed by atoms with Gasteiger partial charge in [0.2, 0.25) is 0 Å². The van der Waals surface area contributed by atoms with E-state index in [9.17, 15) is 4.79 Å². The zero-order valence-corrected chi connectivity index (χ0v) is 19.7. The number of rotatable bonds is 8. The van der Waals surface area contributed by atoms with Gasteiger partial charge in [-0.05, 0) is 92.1 Å². The Morgan fingerprint density at radius 2 is 1.68 bits per heavy atom. The van der Waals surface area contributed by atoms with Crippen LogP contribution in [0.25, 0.3) is 16.9 Å². The van der Waals surface area contributed by atoms with E-state index in [-0.39, 0.29) is 12.0 Å². The van der Waals surface area contributed by atoms with Crippen LogP contribution in [0.1, 0.15) is 41.9 Å². The van der Waals surface area contributed by atoms with Crippen LogP contribution in [-0.2, 0) is 0 Å². The van der Waals surface area contributed by atoms with Crippen molar-refractivity contribution >= 4 is 12.1 Å². The molecule has 0 aliphatic carbocycles. The predicted molar refractivity (Wildman–Crippen MR) is 138 cm³/mol. The molecule has 0 unspecified atom stereocenters. The maximum Gasteiger partial charge on any atom is 0.271 e. The maximum absolute atomic E-state index is 12.5. The first-order valence-corrected chi connectivity index (χ1v) is 11.5. The molecule has 1 amide bonds. The first-order chi connectivity index (χ1) is 16.5. The summed E-state index contributed by atoms with van der Waals surface area (Å²) in [5, 5.41) is 4.09. The number of carbonyl (C=O) groups excluding carboxylic acids is 1. The molecule has 0 radical (unpaired) electrons. The average molecular weight is 452 g/mol. The van der Waals surface area contributed by atoms with E-state index in [1.807, 2.05) is 73.7 Å². The molecule has 0 bridgehead atoms. The van der Waals surface area contributed by atoms with Crippen LogP contribution in [0, 0.1) is 6.92 Å². The fourth-order valence-electron chi connectivity index (χ4n) is 3.66. The highest BCUT2D eigenvalue weighted by atomic mass is 16.5. The van der Waals surface area contributed by atoms with E-state index in [0.717, 1.165) is 40.4 Å². The lowest BCUT2D eigenvalue weighted by molar-refractivity contribution is 0.0955. The summed E-state index contributed by atoms with van der Waals surface area (Å²) in [6.45, 7) is 6.20. The van der Waals surface area contributed by atoms with E-state index in [1.165, 1.54) is 0 Å². The summed E-state index contributed by atoms with van der Waals surface area (Å²) in [7, 11) is 0. The second-order valence-electron chi connectivity index (χ2n) is 8.21. The lowest BCUT2D eigenvalue weighted by atomic mass is 10.1. The Bertz CT molecular complexity index is 1260. The summed E-state index contributed by atoms with van der Waals surface area (Å²) in [6, 6.07) is 29.6. The number of ether oxygens (including phenoxy) is 1. The van der Waals surface area contributed by atoms with Crippen molar-refractivity contribution in [1.82, 2.24) is 9.99 Å². The standard InChI is InChI=1S/C29H29N3O2/c1-4-22(3)34-27-17-11-23(12-18-27)20-30-31-29(33)25-13-15-26(16-14-25)32-21(2)10-19-28(32)24-8-6-5-7-9-24/h5-20,22H,4H2,1-3H3,(H,31,33)/b30-20+/t22-/m0/s1. The van der Waals surface area contributed by atoms with E-state index < -0.39 is 0 Å². The zero-order chi connectivity index (χ0) is 23.9. The van der Waals surface area contributed by atoms with E-state index in [4.69, 9.17) is 4.74 Å². The van der Waals surface area contributed by atoms with Crippen molar-refractivity contribution in [2.24, 2.45) is 5.10 Å². The second kappa shape index (κ2) is 10.7. The van der Waals surface area contributed by atoms with Crippen molar-refractivity contribution in [3.8, 4) is 22.7 Å². The topological polar surface area (TPSA) is 55.6 Å². The molecular weight excluding hydrogens is 422 g/mol. The summed E-state index contributed by atoms with van der Waals surface area (Å²) in [5.74, 6) is 0.566. The van der Waals surface area contributed by atoms with Gasteiger partial charge in [0.05, 0.1) is 18.0 Å². The molecule has 0 saturated carbocycles. The molecule has 1 N–H and O–H groups in total. The number of nitrogens with one attached hydrogen (secondary N) is 1. The van der Waals surface area contributed by atoms with Crippen molar-refractivity contribution in [1.29, 1.82) is 0 Å². The third kappa shape index (κ3) is 5.44. The van der Waals surface area contributed by atoms with Gasteiger partial charge in [-0.25, -0.2) is 5.43 Å². The third-order valence-electron chi connectivity index (χ3n) is 5.71. The number of aryl methyl sites for hydroxylation is 1. The van der Waals surface area contributed by atoms with Gasteiger partial charge in [0, 0.05) is 16.9 Å². The van der Waals surface area contributed by atoms with Gasteiger partial charge in [0.1, 0.15) is 5.75 Å². The second-order valence-corrected chi connectivity index (χ2v) is 8.21. The Morgan fingerprint density at radius 3 is 2.35 bits per heavy atom. The SMILES string of the molecule is CC[C@H](C)Oc1ccc(/C=N/NC(=O)c2ccc(-n3c(C)ccc3-c3ccccc3)cc2)cc1. The Labute approximate surface area is 200 Å². The van der Waals surface area contributed by atoms with E-state index >= 15 is 0 Å². The Balaban J connectivity index is 1.41. The van der Waals surface area contributed by atoms with Gasteiger partial charge in [0.25, 0.3) is 5.91 Å². The predicted octanol–water partition coefficient (Wildman–Crippen LogP) is 6.39. The molecule has 5 heteroatoms. The van der Waals surface area contributed by atoms with E-state index in [0.29, 0.717) is 5.56 Å². The van der Waals surface area contributed by atoms with Crippen molar-refractivity contribution in [3.63, 3.8) is 0 Å². The van der Waals surface area contributed by atoms with Crippen molar-refractivity contribution < 1.29 is 9.53 Å². The summed E-state index contributed by atoms with van der Waals surface area (Å²) < 4.78 is 7.96. The summed E-state index contributed by atoms with van der Waals surface area (Å²) in [4.78, 5) is 12.5. The van der Waals surface area contributed by atoms with Gasteiger partial charge < -0.3 is 9.30 Å². The molecule has 0 spiro atoms. The highest BCUT2D eigenvalue weighted by molar-refractivity contribution is 5.95. The molecule has 3 aromatic carbocycles. The molecule has 34 heavy (non-hydrogen) atoms. The largest absolute Gasteiger partial charge is 0.491 e. The summed E-state index contributed by atoms with van der Waals surface area (Å²) in [5.41, 5.74) is 8.41. The molecule has 4 aromatic rings. The highest BCUT2D eigenvalue weighted by Gasteiger charge is 2.11. The zero-order valence-electron chi connectivity index (χ0n) is 19.7. The van der Waals surface area contributed by atoms with E-state index in [1.54, 1.807) is 6.21 Å². The Morgan fingerprint density at radius 1 is 0.971 bits per heavy atom. The van der Waals surface area contributed by atoms with E-state index in [2.05, 4.69) is 53.2 Å². The molecule has 1 heterocycles. The van der Waals surface area contributed by atoms with Crippen LogP contribution < -0.4 is 10.2 Å². The van der Waals surface area contributed by atoms with Gasteiger partial charge in [0.15, 0.2) is 0 Å². The van der Waals surface area contributed by atoms with Crippen LogP contribution in [-0.4, -0.2) is 22.8 Å². The molecule has 0 fully saturated rings. The lowest BCUT2D eigenvalue weighted by Crippen LogP contribution is -2.17. The molecular formula is C29H29N3O2. The summed E-state index contributed by atoms with van der Waals surface area (Å²) in [6.07, 6.45) is 2.75. The minimum atomic E-state index is -0.257. The molecule has 1 aromatic heterocycles. The number of amides is 1. The maximum atomic E-state index is 12.5. The summed E-state index contributed by atoms with van der Waals surface area (Å²) >= 11 is 0. The minimum absolute atomic E-state index is 0.177.